The molecule has 13 heavy (non-hydrogen) atoms. The Morgan fingerprint density at radius 2 is 2.08 bits per heavy atom. The summed E-state index contributed by atoms with van der Waals surface area (Å²) in [5.74, 6) is 0.106. The molecule has 0 bridgehead atoms. The summed E-state index contributed by atoms with van der Waals surface area (Å²) in [5.41, 5.74) is 2.65. The number of ether oxygens (including phenoxy) is 1. The fraction of sp³-hybridized carbons (Fsp3) is 0. The van der Waals surface area contributed by atoms with Crippen LogP contribution in [0.3, 0.4) is 0 Å². The summed E-state index contributed by atoms with van der Waals surface area (Å²) in [6.45, 7) is 0. The van der Waals surface area contributed by atoms with Crippen LogP contribution in [0.1, 0.15) is 5.56 Å². The molecule has 0 saturated carbocycles. The summed E-state index contributed by atoms with van der Waals surface area (Å²) < 4.78 is 4.89. The van der Waals surface area contributed by atoms with Gasteiger partial charge >= 0.3 is 5.97 Å². The Morgan fingerprint density at radius 3 is 3.00 bits per heavy atom. The van der Waals surface area contributed by atoms with Crippen LogP contribution in [0.15, 0.2) is 35.3 Å². The lowest BCUT2D eigenvalue weighted by Crippen LogP contribution is -1.98. The molecule has 2 heterocycles. The minimum atomic E-state index is -0.330. The van der Waals surface area contributed by atoms with Gasteiger partial charge in [-0.1, -0.05) is 18.2 Å². The maximum absolute atomic E-state index is 10.9. The topological polar surface area (TPSA) is 38.7 Å². The first kappa shape index (κ1) is 6.60. The molecule has 3 heteroatoms. The zero-order valence-corrected chi connectivity index (χ0v) is 6.65. The van der Waals surface area contributed by atoms with Crippen molar-refractivity contribution in [1.82, 2.24) is 0 Å². The van der Waals surface area contributed by atoms with Crippen molar-refractivity contribution < 1.29 is 9.53 Å². The van der Waals surface area contributed by atoms with E-state index in [1.807, 2.05) is 24.3 Å². The summed E-state index contributed by atoms with van der Waals surface area (Å²) in [7, 11) is 0. The first-order valence-electron chi connectivity index (χ1n) is 3.96. The summed E-state index contributed by atoms with van der Waals surface area (Å²) in [4.78, 5) is 15.1. The molecule has 0 spiro atoms. The van der Waals surface area contributed by atoms with E-state index >= 15 is 0 Å². The molecule has 2 aliphatic heterocycles. The third-order valence-corrected chi connectivity index (χ3v) is 2.11. The second kappa shape index (κ2) is 2.07. The smallest absolute Gasteiger partial charge is 0.338 e. The highest BCUT2D eigenvalue weighted by Crippen LogP contribution is 2.37. The fourth-order valence-electron chi connectivity index (χ4n) is 1.54. The number of esters is 1. The molecular formula is C10H5NO2. The highest BCUT2D eigenvalue weighted by molar-refractivity contribution is 6.34. The normalized spacial score (nSPS) is 17.4. The molecule has 2 aliphatic rings. The van der Waals surface area contributed by atoms with Gasteiger partial charge in [0.2, 0.25) is 5.90 Å². The molecule has 0 atom stereocenters. The Morgan fingerprint density at radius 1 is 1.23 bits per heavy atom. The van der Waals surface area contributed by atoms with Crippen LogP contribution in [0.5, 0.6) is 0 Å². The van der Waals surface area contributed by atoms with Gasteiger partial charge in [0.25, 0.3) is 0 Å². The summed E-state index contributed by atoms with van der Waals surface area (Å²) >= 11 is 0. The van der Waals surface area contributed by atoms with Crippen molar-refractivity contribution in [3.05, 3.63) is 35.9 Å². The molecule has 62 valence electrons. The number of carbonyl (C=O) groups is 1. The van der Waals surface area contributed by atoms with Gasteiger partial charge < -0.3 is 4.74 Å². The van der Waals surface area contributed by atoms with Gasteiger partial charge in [-0.15, -0.1) is 0 Å². The Labute approximate surface area is 74.4 Å². The lowest BCUT2D eigenvalue weighted by atomic mass is 10.1. The first-order chi connectivity index (χ1) is 6.34. The molecule has 1 aromatic carbocycles. The minimum Gasteiger partial charge on any atom is -0.404 e. The zero-order chi connectivity index (χ0) is 8.84. The second-order valence-electron chi connectivity index (χ2n) is 2.91. The van der Waals surface area contributed by atoms with Crippen LogP contribution in [0.2, 0.25) is 0 Å². The van der Waals surface area contributed by atoms with Crippen molar-refractivity contribution in [1.29, 1.82) is 0 Å². The monoisotopic (exact) mass is 171 g/mol. The second-order valence-corrected chi connectivity index (χ2v) is 2.91. The fourth-order valence-corrected chi connectivity index (χ4v) is 1.54. The summed E-state index contributed by atoms with van der Waals surface area (Å²) in [6.07, 6.45) is 1.48. The molecule has 3 nitrogen and oxygen atoms in total. The molecule has 0 aliphatic carbocycles. The quantitative estimate of drug-likeness (QED) is 0.557. The lowest BCUT2D eigenvalue weighted by Gasteiger charge is -1.93. The molecule has 0 radical (unpaired) electrons. The number of hydrogen-bond acceptors (Lipinski definition) is 3. The molecule has 0 amide bonds. The Balaban J connectivity index is 2.28. The van der Waals surface area contributed by atoms with E-state index in [9.17, 15) is 4.79 Å². The maximum Gasteiger partial charge on any atom is 0.338 e. The molecule has 1 aromatic rings. The van der Waals surface area contributed by atoms with Crippen molar-refractivity contribution in [2.75, 3.05) is 0 Å². The number of nitrogens with zero attached hydrogens (tertiary/aromatic N) is 1. The first-order valence-corrected chi connectivity index (χ1v) is 3.96. The van der Waals surface area contributed by atoms with Crippen LogP contribution >= 0.6 is 0 Å². The highest BCUT2D eigenvalue weighted by atomic mass is 16.5. The largest absolute Gasteiger partial charge is 0.404 e. The summed E-state index contributed by atoms with van der Waals surface area (Å²) in [5, 5.41) is 0. The van der Waals surface area contributed by atoms with Crippen molar-refractivity contribution >= 4 is 23.1 Å². The highest BCUT2D eigenvalue weighted by Gasteiger charge is 2.29. The number of aliphatic imine (C=N–C) groups is 1. The number of benzene rings is 1. The van der Waals surface area contributed by atoms with Crippen molar-refractivity contribution in [3.8, 4) is 0 Å². The maximum atomic E-state index is 10.9. The third kappa shape index (κ3) is 0.783. The average molecular weight is 171 g/mol. The number of rotatable bonds is 0. The van der Waals surface area contributed by atoms with Gasteiger partial charge in [0.1, 0.15) is 0 Å². The number of hydrogen-bond donors (Lipinski definition) is 0. The van der Waals surface area contributed by atoms with E-state index < -0.39 is 0 Å². The van der Waals surface area contributed by atoms with Crippen molar-refractivity contribution in [2.45, 2.75) is 0 Å². The molecule has 0 N–H and O–H groups in total. The molecule has 0 saturated heterocycles. The molecular weight excluding hydrogens is 166 g/mol. The van der Waals surface area contributed by atoms with Gasteiger partial charge in [-0.05, 0) is 6.07 Å². The van der Waals surface area contributed by atoms with Gasteiger partial charge in [0.15, 0.2) is 0 Å². The van der Waals surface area contributed by atoms with E-state index in [0.717, 1.165) is 16.8 Å². The van der Waals surface area contributed by atoms with Crippen molar-refractivity contribution in [2.24, 2.45) is 4.99 Å². The molecule has 0 unspecified atom stereocenters. The van der Waals surface area contributed by atoms with Crippen LogP contribution in [0, 0.1) is 0 Å². The van der Waals surface area contributed by atoms with Gasteiger partial charge in [-0.2, -0.15) is 0 Å². The predicted octanol–water partition coefficient (Wildman–Crippen LogP) is 1.67. The molecule has 0 aromatic heterocycles. The van der Waals surface area contributed by atoms with Gasteiger partial charge in [-0.25, -0.2) is 9.79 Å². The van der Waals surface area contributed by atoms with E-state index in [1.54, 1.807) is 0 Å². The van der Waals surface area contributed by atoms with Crippen LogP contribution < -0.4 is 0 Å². The minimum absolute atomic E-state index is 0.330. The third-order valence-electron chi connectivity index (χ3n) is 2.11. The van der Waals surface area contributed by atoms with Crippen LogP contribution in [-0.2, 0) is 9.53 Å². The van der Waals surface area contributed by atoms with Crippen LogP contribution in [0.4, 0.5) is 5.69 Å². The van der Waals surface area contributed by atoms with Crippen LogP contribution in [0.25, 0.3) is 5.57 Å². The van der Waals surface area contributed by atoms with E-state index in [-0.39, 0.29) is 5.97 Å². The standard InChI is InChI=1S/C10H5NO2/c12-9-5-7-6-3-1-2-4-8(6)11-10(7)13-9/h1-5H. The van der Waals surface area contributed by atoms with E-state index in [0.29, 0.717) is 5.90 Å². The van der Waals surface area contributed by atoms with E-state index in [2.05, 4.69) is 4.99 Å². The van der Waals surface area contributed by atoms with E-state index in [1.165, 1.54) is 6.08 Å². The average Bonchev–Trinajstić information content (AvgIpc) is 2.60. The number of para-hydroxylation sites is 1. The number of carbonyl (C=O) groups excluding carboxylic acids is 1. The Hall–Kier alpha value is -1.90. The SMILES string of the molecule is O=C1C=C2C(=Nc3ccccc32)O1. The Bertz CT molecular complexity index is 472. The summed E-state index contributed by atoms with van der Waals surface area (Å²) in [6, 6.07) is 7.65. The number of fused-ring (bicyclic) bond motifs is 3. The predicted molar refractivity (Wildman–Crippen MR) is 47.6 cm³/mol. The van der Waals surface area contributed by atoms with Crippen LogP contribution in [-0.4, -0.2) is 11.9 Å². The van der Waals surface area contributed by atoms with E-state index in [4.69, 9.17) is 4.74 Å². The molecule has 3 rings (SSSR count). The van der Waals surface area contributed by atoms with Gasteiger partial charge in [0.05, 0.1) is 11.3 Å². The molecule has 0 fully saturated rings. The lowest BCUT2D eigenvalue weighted by molar-refractivity contribution is -0.129. The Kier molecular flexibility index (Phi) is 1.05. The van der Waals surface area contributed by atoms with Gasteiger partial charge in [-0.3, -0.25) is 0 Å². The van der Waals surface area contributed by atoms with Crippen molar-refractivity contribution in [3.63, 3.8) is 0 Å². The zero-order valence-electron chi connectivity index (χ0n) is 6.65. The van der Waals surface area contributed by atoms with Gasteiger partial charge in [0, 0.05) is 11.6 Å².